The van der Waals surface area contributed by atoms with Crippen LogP contribution in [-0.2, 0) is 4.74 Å². The summed E-state index contributed by atoms with van der Waals surface area (Å²) < 4.78 is 5.38. The molecule has 1 aromatic rings. The summed E-state index contributed by atoms with van der Waals surface area (Å²) in [7, 11) is 0. The van der Waals surface area contributed by atoms with Gasteiger partial charge in [-0.25, -0.2) is 0 Å². The van der Waals surface area contributed by atoms with Gasteiger partial charge in [0.1, 0.15) is 0 Å². The van der Waals surface area contributed by atoms with E-state index in [1.807, 2.05) is 6.07 Å². The fourth-order valence-corrected chi connectivity index (χ4v) is 2.18. The van der Waals surface area contributed by atoms with Crippen molar-refractivity contribution >= 4 is 17.3 Å². The molecule has 0 aromatic heterocycles. The fourth-order valence-electron chi connectivity index (χ4n) is 1.88. The fraction of sp³-hybridized carbons (Fsp3) is 0.417. The molecule has 1 unspecified atom stereocenters. The zero-order valence-electron chi connectivity index (χ0n) is 9.27. The third kappa shape index (κ3) is 2.70. The lowest BCUT2D eigenvalue weighted by Gasteiger charge is -2.34. The molecule has 0 spiro atoms. The molecule has 2 rings (SSSR count). The molecule has 1 N–H and O–H groups in total. The van der Waals surface area contributed by atoms with Crippen molar-refractivity contribution in [3.63, 3.8) is 0 Å². The second-order valence-corrected chi connectivity index (χ2v) is 4.31. The number of halogens is 1. The standard InChI is InChI=1S/C12H13ClN2O2/c13-11-5-9(6-14)1-2-12(11)15-3-4-17-10(7-15)8-16/h1-2,5,10,16H,3-4,7-8H2. The first kappa shape index (κ1) is 12.2. The zero-order chi connectivity index (χ0) is 12.3. The van der Waals surface area contributed by atoms with E-state index in [2.05, 4.69) is 11.0 Å². The number of aliphatic hydroxyl groups excluding tert-OH is 1. The SMILES string of the molecule is N#Cc1ccc(N2CCOC(CO)C2)c(Cl)c1. The van der Waals surface area contributed by atoms with Crippen LogP contribution in [0.2, 0.25) is 5.02 Å². The Morgan fingerprint density at radius 3 is 3.06 bits per heavy atom. The summed E-state index contributed by atoms with van der Waals surface area (Å²) in [6.07, 6.45) is -0.171. The zero-order valence-corrected chi connectivity index (χ0v) is 10.0. The maximum absolute atomic E-state index is 9.08. The van der Waals surface area contributed by atoms with Gasteiger partial charge in [-0.05, 0) is 18.2 Å². The first-order valence-corrected chi connectivity index (χ1v) is 5.79. The van der Waals surface area contributed by atoms with E-state index < -0.39 is 0 Å². The van der Waals surface area contributed by atoms with E-state index >= 15 is 0 Å². The first-order chi connectivity index (χ1) is 8.24. The van der Waals surface area contributed by atoms with E-state index in [-0.39, 0.29) is 12.7 Å². The van der Waals surface area contributed by atoms with Crippen molar-refractivity contribution < 1.29 is 9.84 Å². The van der Waals surface area contributed by atoms with Crippen LogP contribution in [-0.4, -0.2) is 37.5 Å². The van der Waals surface area contributed by atoms with E-state index in [0.717, 1.165) is 12.2 Å². The number of benzene rings is 1. The molecule has 1 aromatic carbocycles. The van der Waals surface area contributed by atoms with Gasteiger partial charge in [-0.15, -0.1) is 0 Å². The van der Waals surface area contributed by atoms with Crippen LogP contribution in [0.4, 0.5) is 5.69 Å². The number of rotatable bonds is 2. The Kier molecular flexibility index (Phi) is 3.85. The summed E-state index contributed by atoms with van der Waals surface area (Å²) in [5.41, 5.74) is 1.43. The van der Waals surface area contributed by atoms with Crippen molar-refractivity contribution in [2.24, 2.45) is 0 Å². The van der Waals surface area contributed by atoms with Crippen molar-refractivity contribution in [2.75, 3.05) is 31.2 Å². The summed E-state index contributed by atoms with van der Waals surface area (Å²) in [4.78, 5) is 2.06. The van der Waals surface area contributed by atoms with Gasteiger partial charge in [0.2, 0.25) is 0 Å². The monoisotopic (exact) mass is 252 g/mol. The summed E-state index contributed by atoms with van der Waals surface area (Å²) in [6, 6.07) is 7.28. The van der Waals surface area contributed by atoms with Crippen molar-refractivity contribution in [3.05, 3.63) is 28.8 Å². The molecule has 1 aliphatic heterocycles. The molecule has 17 heavy (non-hydrogen) atoms. The second kappa shape index (κ2) is 5.37. The third-order valence-electron chi connectivity index (χ3n) is 2.76. The topological polar surface area (TPSA) is 56.5 Å². The number of ether oxygens (including phenoxy) is 1. The molecule has 90 valence electrons. The highest BCUT2D eigenvalue weighted by Crippen LogP contribution is 2.28. The van der Waals surface area contributed by atoms with Crippen molar-refractivity contribution in [2.45, 2.75) is 6.10 Å². The summed E-state index contributed by atoms with van der Waals surface area (Å²) >= 11 is 6.14. The number of nitriles is 1. The Balaban J connectivity index is 2.19. The van der Waals surface area contributed by atoms with Gasteiger partial charge in [0.05, 0.1) is 41.7 Å². The van der Waals surface area contributed by atoms with Crippen LogP contribution >= 0.6 is 11.6 Å². The van der Waals surface area contributed by atoms with Gasteiger partial charge in [-0.3, -0.25) is 0 Å². The molecule has 1 atom stereocenters. The molecule has 0 aliphatic carbocycles. The highest BCUT2D eigenvalue weighted by atomic mass is 35.5. The van der Waals surface area contributed by atoms with Crippen LogP contribution in [0.5, 0.6) is 0 Å². The first-order valence-electron chi connectivity index (χ1n) is 5.41. The van der Waals surface area contributed by atoms with Crippen LogP contribution in [0.15, 0.2) is 18.2 Å². The normalized spacial score (nSPS) is 20.1. The van der Waals surface area contributed by atoms with Crippen LogP contribution in [0.3, 0.4) is 0 Å². The molecule has 4 nitrogen and oxygen atoms in total. The highest BCUT2D eigenvalue weighted by molar-refractivity contribution is 6.33. The van der Waals surface area contributed by atoms with Gasteiger partial charge >= 0.3 is 0 Å². The largest absolute Gasteiger partial charge is 0.394 e. The van der Waals surface area contributed by atoms with E-state index in [9.17, 15) is 0 Å². The molecule has 5 heteroatoms. The Hall–Kier alpha value is -1.28. The smallest absolute Gasteiger partial charge is 0.0992 e. The van der Waals surface area contributed by atoms with Gasteiger partial charge in [-0.2, -0.15) is 5.26 Å². The summed E-state index contributed by atoms with van der Waals surface area (Å²) in [5.74, 6) is 0. The Morgan fingerprint density at radius 2 is 2.41 bits per heavy atom. The number of anilines is 1. The summed E-state index contributed by atoms with van der Waals surface area (Å²) in [6.45, 7) is 1.93. The number of hydrogen-bond donors (Lipinski definition) is 1. The lowest BCUT2D eigenvalue weighted by atomic mass is 10.2. The molecule has 1 fully saturated rings. The minimum absolute atomic E-state index is 0.00436. The predicted octanol–water partition coefficient (Wildman–Crippen LogP) is 1.41. The number of aliphatic hydroxyl groups is 1. The minimum Gasteiger partial charge on any atom is -0.394 e. The molecular formula is C12H13ClN2O2. The van der Waals surface area contributed by atoms with Crippen molar-refractivity contribution in [3.8, 4) is 6.07 Å². The number of morpholine rings is 1. The van der Waals surface area contributed by atoms with E-state index in [1.165, 1.54) is 0 Å². The number of nitrogens with zero attached hydrogens (tertiary/aromatic N) is 2. The minimum atomic E-state index is -0.171. The van der Waals surface area contributed by atoms with Gasteiger partial charge in [0.25, 0.3) is 0 Å². The molecule has 0 saturated carbocycles. The van der Waals surface area contributed by atoms with Gasteiger partial charge in [-0.1, -0.05) is 11.6 Å². The second-order valence-electron chi connectivity index (χ2n) is 3.90. The number of hydrogen-bond acceptors (Lipinski definition) is 4. The quantitative estimate of drug-likeness (QED) is 0.865. The van der Waals surface area contributed by atoms with Crippen LogP contribution in [0.1, 0.15) is 5.56 Å². The van der Waals surface area contributed by atoms with Gasteiger partial charge < -0.3 is 14.7 Å². The average Bonchev–Trinajstić information content (AvgIpc) is 2.38. The Labute approximate surface area is 105 Å². The van der Waals surface area contributed by atoms with E-state index in [1.54, 1.807) is 12.1 Å². The van der Waals surface area contributed by atoms with Crippen LogP contribution in [0.25, 0.3) is 0 Å². The maximum Gasteiger partial charge on any atom is 0.0992 e. The van der Waals surface area contributed by atoms with Crippen molar-refractivity contribution in [1.82, 2.24) is 0 Å². The maximum atomic E-state index is 9.08. The average molecular weight is 253 g/mol. The molecule has 1 saturated heterocycles. The Morgan fingerprint density at radius 1 is 1.59 bits per heavy atom. The van der Waals surface area contributed by atoms with Crippen LogP contribution in [0, 0.1) is 11.3 Å². The van der Waals surface area contributed by atoms with E-state index in [4.69, 9.17) is 26.7 Å². The molecule has 1 aliphatic rings. The third-order valence-corrected chi connectivity index (χ3v) is 3.06. The van der Waals surface area contributed by atoms with Crippen molar-refractivity contribution in [1.29, 1.82) is 5.26 Å². The predicted molar refractivity (Wildman–Crippen MR) is 65.2 cm³/mol. The highest BCUT2D eigenvalue weighted by Gasteiger charge is 2.21. The molecule has 0 amide bonds. The van der Waals surface area contributed by atoms with E-state index in [0.29, 0.717) is 23.7 Å². The molecule has 0 bridgehead atoms. The van der Waals surface area contributed by atoms with Crippen LogP contribution < -0.4 is 4.90 Å². The molecular weight excluding hydrogens is 240 g/mol. The Bertz CT molecular complexity index is 445. The molecule has 0 radical (unpaired) electrons. The lowest BCUT2D eigenvalue weighted by molar-refractivity contribution is 0.00357. The lowest BCUT2D eigenvalue weighted by Crippen LogP contribution is -2.44. The van der Waals surface area contributed by atoms with Gasteiger partial charge in [0, 0.05) is 13.1 Å². The molecule has 1 heterocycles. The summed E-state index contributed by atoms with van der Waals surface area (Å²) in [5, 5.41) is 18.4. The van der Waals surface area contributed by atoms with Gasteiger partial charge in [0.15, 0.2) is 0 Å².